The Morgan fingerprint density at radius 3 is 2.68 bits per heavy atom. The predicted octanol–water partition coefficient (Wildman–Crippen LogP) is 3.58. The summed E-state index contributed by atoms with van der Waals surface area (Å²) in [4.78, 5) is 13.3. The fourth-order valence-corrected chi connectivity index (χ4v) is 2.46. The third-order valence-electron chi connectivity index (χ3n) is 2.85. The molecule has 0 aliphatic heterocycles. The fraction of sp³-hybridized carbons (Fsp3) is 0.500. The summed E-state index contributed by atoms with van der Waals surface area (Å²) in [5.41, 5.74) is 1.00. The molecule has 1 N–H and O–H groups in total. The van der Waals surface area contributed by atoms with Gasteiger partial charge in [0, 0.05) is 41.7 Å². The van der Waals surface area contributed by atoms with E-state index in [0.29, 0.717) is 11.8 Å². The Morgan fingerprint density at radius 2 is 2.05 bits per heavy atom. The number of rotatable bonds is 5. The number of aromatic nitrogens is 3. The van der Waals surface area contributed by atoms with Gasteiger partial charge in [0.1, 0.15) is 11.6 Å². The van der Waals surface area contributed by atoms with Gasteiger partial charge in [0.05, 0.1) is 5.01 Å². The topological polar surface area (TPSA) is 50.7 Å². The molecule has 0 bridgehead atoms. The first-order valence-electron chi connectivity index (χ1n) is 6.55. The highest BCUT2D eigenvalue weighted by molar-refractivity contribution is 7.09. The first kappa shape index (κ1) is 13.9. The molecule has 0 spiro atoms. The molecule has 2 rings (SSSR count). The molecule has 0 radical (unpaired) electrons. The Kier molecular flexibility index (Phi) is 4.47. The Bertz CT molecular complexity index is 522. The SMILES string of the molecule is Cc1cc(NCC(C)c2nccs2)nc(C(C)C)n1. The Hall–Kier alpha value is -1.49. The number of nitrogens with zero attached hydrogens (tertiary/aromatic N) is 3. The van der Waals surface area contributed by atoms with Gasteiger partial charge in [-0.05, 0) is 6.92 Å². The summed E-state index contributed by atoms with van der Waals surface area (Å²) >= 11 is 1.69. The van der Waals surface area contributed by atoms with E-state index in [0.717, 1.165) is 28.9 Å². The van der Waals surface area contributed by atoms with E-state index in [4.69, 9.17) is 0 Å². The molecular formula is C14H20N4S. The van der Waals surface area contributed by atoms with Gasteiger partial charge in [-0.25, -0.2) is 15.0 Å². The highest BCUT2D eigenvalue weighted by Gasteiger charge is 2.10. The first-order chi connectivity index (χ1) is 9.06. The van der Waals surface area contributed by atoms with E-state index >= 15 is 0 Å². The minimum Gasteiger partial charge on any atom is -0.369 e. The molecule has 102 valence electrons. The van der Waals surface area contributed by atoms with Crippen LogP contribution >= 0.6 is 11.3 Å². The molecule has 2 heterocycles. The molecule has 4 nitrogen and oxygen atoms in total. The maximum absolute atomic E-state index is 4.55. The second-order valence-electron chi connectivity index (χ2n) is 5.06. The van der Waals surface area contributed by atoms with Crippen molar-refractivity contribution < 1.29 is 0 Å². The molecule has 0 saturated heterocycles. The summed E-state index contributed by atoms with van der Waals surface area (Å²) < 4.78 is 0. The van der Waals surface area contributed by atoms with E-state index in [9.17, 15) is 0 Å². The quantitative estimate of drug-likeness (QED) is 0.907. The summed E-state index contributed by atoms with van der Waals surface area (Å²) in [6.07, 6.45) is 1.85. The van der Waals surface area contributed by atoms with E-state index in [1.54, 1.807) is 11.3 Å². The number of nitrogens with one attached hydrogen (secondary N) is 1. The summed E-state index contributed by atoms with van der Waals surface area (Å²) in [5.74, 6) is 2.53. The van der Waals surface area contributed by atoms with Crippen LogP contribution in [-0.2, 0) is 0 Å². The van der Waals surface area contributed by atoms with Gasteiger partial charge in [-0.1, -0.05) is 20.8 Å². The van der Waals surface area contributed by atoms with Crippen molar-refractivity contribution >= 4 is 17.2 Å². The van der Waals surface area contributed by atoms with Crippen molar-refractivity contribution in [3.05, 3.63) is 34.2 Å². The maximum Gasteiger partial charge on any atom is 0.133 e. The average molecular weight is 276 g/mol. The van der Waals surface area contributed by atoms with E-state index in [2.05, 4.69) is 41.0 Å². The van der Waals surface area contributed by atoms with Crippen LogP contribution in [0.3, 0.4) is 0 Å². The molecule has 19 heavy (non-hydrogen) atoms. The lowest BCUT2D eigenvalue weighted by atomic mass is 10.2. The number of anilines is 1. The largest absolute Gasteiger partial charge is 0.369 e. The van der Waals surface area contributed by atoms with Crippen molar-refractivity contribution in [2.45, 2.75) is 39.5 Å². The average Bonchev–Trinajstić information content (AvgIpc) is 2.89. The number of hydrogen-bond acceptors (Lipinski definition) is 5. The summed E-state index contributed by atoms with van der Waals surface area (Å²) in [5, 5.41) is 6.55. The normalized spacial score (nSPS) is 12.7. The molecule has 2 aromatic heterocycles. The monoisotopic (exact) mass is 276 g/mol. The Labute approximate surface area is 118 Å². The lowest BCUT2D eigenvalue weighted by Gasteiger charge is -2.13. The third-order valence-corrected chi connectivity index (χ3v) is 3.86. The third kappa shape index (κ3) is 3.73. The zero-order valence-corrected chi connectivity index (χ0v) is 12.7. The van der Waals surface area contributed by atoms with E-state index in [1.807, 2.05) is 24.6 Å². The van der Waals surface area contributed by atoms with Crippen LogP contribution in [-0.4, -0.2) is 21.5 Å². The van der Waals surface area contributed by atoms with Crippen molar-refractivity contribution in [1.29, 1.82) is 0 Å². The summed E-state index contributed by atoms with van der Waals surface area (Å²) in [6, 6.07) is 1.99. The second kappa shape index (κ2) is 6.10. The maximum atomic E-state index is 4.55. The number of hydrogen-bond donors (Lipinski definition) is 1. The van der Waals surface area contributed by atoms with Gasteiger partial charge < -0.3 is 5.32 Å². The molecule has 2 aromatic rings. The molecule has 0 saturated carbocycles. The minimum atomic E-state index is 0.344. The van der Waals surface area contributed by atoms with Gasteiger partial charge in [-0.2, -0.15) is 0 Å². The lowest BCUT2D eigenvalue weighted by Crippen LogP contribution is -2.12. The van der Waals surface area contributed by atoms with Crippen molar-refractivity contribution in [2.24, 2.45) is 0 Å². The van der Waals surface area contributed by atoms with Gasteiger partial charge in [-0.3, -0.25) is 0 Å². The van der Waals surface area contributed by atoms with E-state index < -0.39 is 0 Å². The smallest absolute Gasteiger partial charge is 0.133 e. The van der Waals surface area contributed by atoms with Crippen LogP contribution in [0.5, 0.6) is 0 Å². The zero-order valence-electron chi connectivity index (χ0n) is 11.8. The van der Waals surface area contributed by atoms with Gasteiger partial charge in [-0.15, -0.1) is 11.3 Å². The van der Waals surface area contributed by atoms with Crippen LogP contribution in [0.1, 0.15) is 49.1 Å². The van der Waals surface area contributed by atoms with E-state index in [1.165, 1.54) is 0 Å². The number of aryl methyl sites for hydroxylation is 1. The molecule has 0 amide bonds. The van der Waals surface area contributed by atoms with Crippen LogP contribution in [0.4, 0.5) is 5.82 Å². The van der Waals surface area contributed by atoms with Crippen LogP contribution in [0.15, 0.2) is 17.6 Å². The highest BCUT2D eigenvalue weighted by Crippen LogP contribution is 2.19. The van der Waals surface area contributed by atoms with Crippen LogP contribution in [0.2, 0.25) is 0 Å². The lowest BCUT2D eigenvalue weighted by molar-refractivity contribution is 0.756. The minimum absolute atomic E-state index is 0.344. The van der Waals surface area contributed by atoms with Crippen LogP contribution in [0.25, 0.3) is 0 Å². The molecule has 0 aromatic carbocycles. The van der Waals surface area contributed by atoms with Gasteiger partial charge >= 0.3 is 0 Å². The van der Waals surface area contributed by atoms with Crippen LogP contribution in [0, 0.1) is 6.92 Å². The van der Waals surface area contributed by atoms with Crippen LogP contribution < -0.4 is 5.32 Å². The fourth-order valence-electron chi connectivity index (χ4n) is 1.76. The van der Waals surface area contributed by atoms with Gasteiger partial charge in [0.15, 0.2) is 0 Å². The summed E-state index contributed by atoms with van der Waals surface area (Å²) in [7, 11) is 0. The van der Waals surface area contributed by atoms with Gasteiger partial charge in [0.2, 0.25) is 0 Å². The molecule has 1 atom stereocenters. The molecule has 0 aliphatic carbocycles. The second-order valence-corrected chi connectivity index (χ2v) is 5.99. The van der Waals surface area contributed by atoms with Gasteiger partial charge in [0.25, 0.3) is 0 Å². The Morgan fingerprint density at radius 1 is 1.26 bits per heavy atom. The first-order valence-corrected chi connectivity index (χ1v) is 7.43. The Balaban J connectivity index is 2.03. The number of thiazole rings is 1. The van der Waals surface area contributed by atoms with Crippen molar-refractivity contribution in [3.8, 4) is 0 Å². The summed E-state index contributed by atoms with van der Waals surface area (Å²) in [6.45, 7) is 9.22. The predicted molar refractivity (Wildman–Crippen MR) is 79.9 cm³/mol. The van der Waals surface area contributed by atoms with Crippen molar-refractivity contribution in [1.82, 2.24) is 15.0 Å². The molecule has 0 aliphatic rings. The van der Waals surface area contributed by atoms with Crippen molar-refractivity contribution in [2.75, 3.05) is 11.9 Å². The standard InChI is InChI=1S/C14H20N4S/c1-9(2)13-17-11(4)7-12(18-13)16-8-10(3)14-15-5-6-19-14/h5-7,9-10H,8H2,1-4H3,(H,16,17,18). The van der Waals surface area contributed by atoms with E-state index in [-0.39, 0.29) is 0 Å². The highest BCUT2D eigenvalue weighted by atomic mass is 32.1. The molecular weight excluding hydrogens is 256 g/mol. The molecule has 1 unspecified atom stereocenters. The zero-order chi connectivity index (χ0) is 13.8. The molecule has 5 heteroatoms. The molecule has 0 fully saturated rings. The van der Waals surface area contributed by atoms with Crippen molar-refractivity contribution in [3.63, 3.8) is 0 Å².